The van der Waals surface area contributed by atoms with Crippen LogP contribution >= 0.6 is 0 Å². The fourth-order valence-corrected chi connectivity index (χ4v) is 1.94. The van der Waals surface area contributed by atoms with E-state index >= 15 is 0 Å². The molecule has 0 N–H and O–H groups in total. The molecule has 0 aliphatic heterocycles. The number of carbonyl (C=O) groups is 1. The van der Waals surface area contributed by atoms with Gasteiger partial charge in [0.15, 0.2) is 0 Å². The smallest absolute Gasteiger partial charge is 0.234 e. The van der Waals surface area contributed by atoms with Crippen molar-refractivity contribution in [3.63, 3.8) is 0 Å². The number of aldehydes is 1. The first-order valence-corrected chi connectivity index (χ1v) is 8.26. The van der Waals surface area contributed by atoms with Gasteiger partial charge in [-0.25, -0.2) is 0 Å². The van der Waals surface area contributed by atoms with E-state index in [1.165, 1.54) is 19.3 Å². The first kappa shape index (κ1) is 20.3. The second-order valence-electron chi connectivity index (χ2n) is 5.29. The number of hydrogen-bond donors (Lipinski definition) is 0. The van der Waals surface area contributed by atoms with Crippen LogP contribution in [0, 0.1) is 10.1 Å². The van der Waals surface area contributed by atoms with Gasteiger partial charge in [0.1, 0.15) is 6.29 Å². The minimum absolute atomic E-state index is 0.263. The summed E-state index contributed by atoms with van der Waals surface area (Å²) in [7, 11) is 0. The molecule has 0 spiro atoms. The molecule has 1 atom stereocenters. The molecule has 0 aromatic heterocycles. The van der Waals surface area contributed by atoms with Crippen LogP contribution in [0.2, 0.25) is 0 Å². The normalized spacial score (nSPS) is 13.3. The Bertz CT molecular complexity index is 373. The Morgan fingerprint density at radius 1 is 0.955 bits per heavy atom. The lowest BCUT2D eigenvalue weighted by molar-refractivity contribution is -0.508. The fraction of sp³-hybridized carbons (Fsp3) is 0.611. The summed E-state index contributed by atoms with van der Waals surface area (Å²) in [5.74, 6) is 0. The second kappa shape index (κ2) is 15.7. The number of rotatable bonds is 14. The van der Waals surface area contributed by atoms with Crippen molar-refractivity contribution in [1.29, 1.82) is 0 Å². The van der Waals surface area contributed by atoms with Crippen molar-refractivity contribution in [3.8, 4) is 0 Å². The first-order valence-electron chi connectivity index (χ1n) is 8.26. The van der Waals surface area contributed by atoms with Crippen molar-refractivity contribution in [2.45, 2.75) is 70.8 Å². The van der Waals surface area contributed by atoms with Gasteiger partial charge in [-0.3, -0.25) is 10.1 Å². The number of carbonyl (C=O) groups excluding carboxylic acids is 1. The molecule has 0 radical (unpaired) electrons. The van der Waals surface area contributed by atoms with Gasteiger partial charge in [0.05, 0.1) is 0 Å². The third-order valence-corrected chi connectivity index (χ3v) is 3.28. The lowest BCUT2D eigenvalue weighted by Gasteiger charge is -2.00. The second-order valence-corrected chi connectivity index (χ2v) is 5.29. The van der Waals surface area contributed by atoms with Crippen LogP contribution in [-0.4, -0.2) is 17.3 Å². The first-order chi connectivity index (χ1) is 10.7. The van der Waals surface area contributed by atoms with Gasteiger partial charge in [-0.1, -0.05) is 50.1 Å². The van der Waals surface area contributed by atoms with Gasteiger partial charge in [-0.2, -0.15) is 0 Å². The molecule has 4 heteroatoms. The molecule has 124 valence electrons. The minimum Gasteiger partial charge on any atom is -0.303 e. The largest absolute Gasteiger partial charge is 0.303 e. The van der Waals surface area contributed by atoms with E-state index in [0.717, 1.165) is 25.5 Å². The quantitative estimate of drug-likeness (QED) is 0.149. The standard InChI is InChI=1S/C18H29NO3/c1-2-3-4-5-6-7-8-9-12-15-18(19(21)22)16-13-10-11-14-17-20/h6-7,9,12-13,16-18H,2-5,8,10-11,14-15H2,1H3/b7-6-,12-9-,16-13+. The van der Waals surface area contributed by atoms with Crippen LogP contribution < -0.4 is 0 Å². The average molecular weight is 307 g/mol. The molecule has 0 rings (SSSR count). The lowest BCUT2D eigenvalue weighted by atomic mass is 10.1. The SMILES string of the molecule is CCCCC/C=C\C/C=C\CC(/C=C/CCCC=O)[N+](=O)[O-]. The van der Waals surface area contributed by atoms with E-state index in [9.17, 15) is 14.9 Å². The molecule has 0 saturated carbocycles. The summed E-state index contributed by atoms with van der Waals surface area (Å²) < 4.78 is 0. The van der Waals surface area contributed by atoms with Crippen molar-refractivity contribution < 1.29 is 9.72 Å². The topological polar surface area (TPSA) is 60.2 Å². The molecule has 0 aliphatic rings. The molecule has 0 aliphatic carbocycles. The molecule has 0 aromatic rings. The summed E-state index contributed by atoms with van der Waals surface area (Å²) in [4.78, 5) is 20.8. The molecule has 1 unspecified atom stereocenters. The molecule has 22 heavy (non-hydrogen) atoms. The average Bonchev–Trinajstić information content (AvgIpc) is 2.50. The summed E-state index contributed by atoms with van der Waals surface area (Å²) in [6, 6.07) is -0.666. The van der Waals surface area contributed by atoms with E-state index in [-0.39, 0.29) is 4.92 Å². The van der Waals surface area contributed by atoms with Crippen LogP contribution in [-0.2, 0) is 4.79 Å². The Morgan fingerprint density at radius 3 is 2.36 bits per heavy atom. The Labute approximate surface area is 134 Å². The Morgan fingerprint density at radius 2 is 1.68 bits per heavy atom. The maximum absolute atomic E-state index is 10.9. The van der Waals surface area contributed by atoms with Gasteiger partial charge in [0, 0.05) is 17.8 Å². The summed E-state index contributed by atoms with van der Waals surface area (Å²) >= 11 is 0. The molecular weight excluding hydrogens is 278 g/mol. The monoisotopic (exact) mass is 307 g/mol. The Hall–Kier alpha value is -1.71. The van der Waals surface area contributed by atoms with Crippen LogP contribution in [0.15, 0.2) is 36.5 Å². The van der Waals surface area contributed by atoms with Gasteiger partial charge in [0.2, 0.25) is 6.04 Å². The van der Waals surface area contributed by atoms with E-state index in [1.54, 1.807) is 12.2 Å². The predicted molar refractivity (Wildman–Crippen MR) is 91.5 cm³/mol. The number of allylic oxidation sites excluding steroid dienone is 4. The highest BCUT2D eigenvalue weighted by atomic mass is 16.6. The van der Waals surface area contributed by atoms with Gasteiger partial charge in [0.25, 0.3) is 0 Å². The molecule has 0 aromatic carbocycles. The minimum atomic E-state index is -0.666. The van der Waals surface area contributed by atoms with E-state index < -0.39 is 6.04 Å². The summed E-state index contributed by atoms with van der Waals surface area (Å²) in [5.41, 5.74) is 0. The highest BCUT2D eigenvalue weighted by Gasteiger charge is 2.12. The van der Waals surface area contributed by atoms with Gasteiger partial charge < -0.3 is 4.79 Å². The number of hydrogen-bond acceptors (Lipinski definition) is 3. The molecule has 0 fully saturated rings. The van der Waals surface area contributed by atoms with Gasteiger partial charge in [-0.15, -0.1) is 0 Å². The van der Waals surface area contributed by atoms with E-state index in [2.05, 4.69) is 19.1 Å². The number of nitrogens with zero attached hydrogens (tertiary/aromatic N) is 1. The zero-order valence-electron chi connectivity index (χ0n) is 13.7. The third-order valence-electron chi connectivity index (χ3n) is 3.28. The van der Waals surface area contributed by atoms with Crippen LogP contribution in [0.1, 0.15) is 64.7 Å². The maximum Gasteiger partial charge on any atom is 0.234 e. The van der Waals surface area contributed by atoms with Crippen LogP contribution in [0.5, 0.6) is 0 Å². The third kappa shape index (κ3) is 13.3. The lowest BCUT2D eigenvalue weighted by Crippen LogP contribution is -2.15. The Balaban J connectivity index is 3.91. The Kier molecular flexibility index (Phi) is 14.5. The summed E-state index contributed by atoms with van der Waals surface area (Å²) in [6.07, 6.45) is 20.5. The highest BCUT2D eigenvalue weighted by molar-refractivity contribution is 5.49. The van der Waals surface area contributed by atoms with Crippen LogP contribution in [0.3, 0.4) is 0 Å². The van der Waals surface area contributed by atoms with Crippen molar-refractivity contribution in [3.05, 3.63) is 46.6 Å². The maximum atomic E-state index is 10.9. The zero-order chi connectivity index (χ0) is 16.5. The van der Waals surface area contributed by atoms with Crippen LogP contribution in [0.25, 0.3) is 0 Å². The van der Waals surface area contributed by atoms with Crippen molar-refractivity contribution >= 4 is 6.29 Å². The molecular formula is C18H29NO3. The number of unbranched alkanes of at least 4 members (excludes halogenated alkanes) is 5. The fourth-order valence-electron chi connectivity index (χ4n) is 1.94. The summed E-state index contributed by atoms with van der Waals surface area (Å²) in [5, 5.41) is 10.9. The molecule has 4 nitrogen and oxygen atoms in total. The van der Waals surface area contributed by atoms with E-state index in [1.807, 2.05) is 12.2 Å². The van der Waals surface area contributed by atoms with Crippen molar-refractivity contribution in [2.24, 2.45) is 0 Å². The zero-order valence-corrected chi connectivity index (χ0v) is 13.7. The number of nitro groups is 1. The molecule has 0 saturated heterocycles. The van der Waals surface area contributed by atoms with Gasteiger partial charge >= 0.3 is 0 Å². The molecule has 0 bridgehead atoms. The highest BCUT2D eigenvalue weighted by Crippen LogP contribution is 2.05. The van der Waals surface area contributed by atoms with Crippen molar-refractivity contribution in [2.75, 3.05) is 0 Å². The van der Waals surface area contributed by atoms with Crippen molar-refractivity contribution in [1.82, 2.24) is 0 Å². The molecule has 0 heterocycles. The molecule has 0 amide bonds. The van der Waals surface area contributed by atoms with E-state index in [4.69, 9.17) is 0 Å². The van der Waals surface area contributed by atoms with Crippen LogP contribution in [0.4, 0.5) is 0 Å². The predicted octanol–water partition coefficient (Wildman–Crippen LogP) is 5.03. The summed E-state index contributed by atoms with van der Waals surface area (Å²) in [6.45, 7) is 2.19. The van der Waals surface area contributed by atoms with Gasteiger partial charge in [-0.05, 0) is 38.2 Å². The van der Waals surface area contributed by atoms with E-state index in [0.29, 0.717) is 19.3 Å².